The summed E-state index contributed by atoms with van der Waals surface area (Å²) in [4.78, 5) is 11.0. The minimum absolute atomic E-state index is 0.0634. The van der Waals surface area contributed by atoms with Gasteiger partial charge in [-0.25, -0.2) is 0 Å². The van der Waals surface area contributed by atoms with Crippen LogP contribution in [0.5, 0.6) is 0 Å². The second-order valence-corrected chi connectivity index (χ2v) is 4.60. The van der Waals surface area contributed by atoms with E-state index in [1.54, 1.807) is 6.92 Å². The summed E-state index contributed by atoms with van der Waals surface area (Å²) < 4.78 is 0. The van der Waals surface area contributed by atoms with Crippen LogP contribution in [-0.4, -0.2) is 29.8 Å². The van der Waals surface area contributed by atoms with Crippen LogP contribution < -0.4 is 5.32 Å². The first-order valence-electron chi connectivity index (χ1n) is 4.59. The molecule has 1 unspecified atom stereocenters. The van der Waals surface area contributed by atoms with Gasteiger partial charge in [-0.2, -0.15) is 11.8 Å². The van der Waals surface area contributed by atoms with Crippen molar-refractivity contribution in [2.75, 3.05) is 18.6 Å². The van der Waals surface area contributed by atoms with E-state index in [2.05, 4.69) is 11.6 Å². The van der Waals surface area contributed by atoms with Crippen molar-refractivity contribution in [2.45, 2.75) is 31.6 Å². The van der Waals surface area contributed by atoms with E-state index in [1.807, 2.05) is 11.8 Å². The SMILES string of the molecule is CSCCCCCNC(=O)C(C)Cl. The second-order valence-electron chi connectivity index (χ2n) is 2.96. The molecule has 1 amide bonds. The van der Waals surface area contributed by atoms with E-state index >= 15 is 0 Å². The average molecular weight is 224 g/mol. The molecule has 0 aromatic rings. The lowest BCUT2D eigenvalue weighted by atomic mass is 10.2. The van der Waals surface area contributed by atoms with Gasteiger partial charge in [-0.3, -0.25) is 4.79 Å². The number of carbonyl (C=O) groups excluding carboxylic acids is 1. The predicted molar refractivity (Wildman–Crippen MR) is 60.6 cm³/mol. The van der Waals surface area contributed by atoms with Crippen molar-refractivity contribution in [3.63, 3.8) is 0 Å². The molecule has 0 heterocycles. The van der Waals surface area contributed by atoms with E-state index in [0.717, 1.165) is 13.0 Å². The Morgan fingerprint density at radius 1 is 1.46 bits per heavy atom. The Morgan fingerprint density at radius 2 is 2.15 bits per heavy atom. The summed E-state index contributed by atoms with van der Waals surface area (Å²) in [6.07, 6.45) is 5.57. The molecular weight excluding hydrogens is 206 g/mol. The van der Waals surface area contributed by atoms with Crippen LogP contribution in [0.3, 0.4) is 0 Å². The van der Waals surface area contributed by atoms with Gasteiger partial charge in [0.2, 0.25) is 5.91 Å². The van der Waals surface area contributed by atoms with Crippen LogP contribution in [0.2, 0.25) is 0 Å². The number of carbonyl (C=O) groups is 1. The maximum absolute atomic E-state index is 11.0. The molecule has 0 bridgehead atoms. The fourth-order valence-corrected chi connectivity index (χ4v) is 1.47. The Hall–Kier alpha value is 0.110. The van der Waals surface area contributed by atoms with Gasteiger partial charge in [-0.1, -0.05) is 6.42 Å². The summed E-state index contributed by atoms with van der Waals surface area (Å²) >= 11 is 7.44. The summed E-state index contributed by atoms with van der Waals surface area (Å²) in [5, 5.41) is 2.37. The third kappa shape index (κ3) is 8.44. The number of hydrogen-bond acceptors (Lipinski definition) is 2. The van der Waals surface area contributed by atoms with Crippen LogP contribution in [-0.2, 0) is 4.79 Å². The molecule has 0 radical (unpaired) electrons. The van der Waals surface area contributed by atoms with Gasteiger partial charge in [0.1, 0.15) is 5.38 Å². The van der Waals surface area contributed by atoms with Crippen molar-refractivity contribution in [3.05, 3.63) is 0 Å². The number of alkyl halides is 1. The third-order valence-corrected chi connectivity index (χ3v) is 2.58. The van der Waals surface area contributed by atoms with E-state index in [9.17, 15) is 4.79 Å². The molecule has 2 nitrogen and oxygen atoms in total. The Bertz CT molecular complexity index is 142. The van der Waals surface area contributed by atoms with Gasteiger partial charge in [0.05, 0.1) is 0 Å². The molecule has 0 spiro atoms. The normalized spacial score (nSPS) is 12.5. The molecule has 0 fully saturated rings. The fourth-order valence-electron chi connectivity index (χ4n) is 0.900. The Morgan fingerprint density at radius 3 is 2.69 bits per heavy atom. The maximum atomic E-state index is 11.0. The van der Waals surface area contributed by atoms with Crippen LogP contribution >= 0.6 is 23.4 Å². The van der Waals surface area contributed by atoms with E-state index < -0.39 is 5.38 Å². The first-order chi connectivity index (χ1) is 6.18. The highest BCUT2D eigenvalue weighted by molar-refractivity contribution is 7.98. The van der Waals surface area contributed by atoms with Crippen LogP contribution in [0.4, 0.5) is 0 Å². The molecule has 78 valence electrons. The zero-order chi connectivity index (χ0) is 10.1. The number of rotatable bonds is 7. The molecule has 0 rings (SSSR count). The Kier molecular flexibility index (Phi) is 8.77. The number of unbranched alkanes of at least 4 members (excludes halogenated alkanes) is 2. The van der Waals surface area contributed by atoms with E-state index in [0.29, 0.717) is 0 Å². The highest BCUT2D eigenvalue weighted by Crippen LogP contribution is 2.01. The first kappa shape index (κ1) is 13.1. The van der Waals surface area contributed by atoms with Crippen LogP contribution in [0.15, 0.2) is 0 Å². The second kappa shape index (κ2) is 8.70. The van der Waals surface area contributed by atoms with Crippen molar-refractivity contribution in [3.8, 4) is 0 Å². The molecule has 13 heavy (non-hydrogen) atoms. The number of thioether (sulfide) groups is 1. The van der Waals surface area contributed by atoms with Crippen LogP contribution in [0.25, 0.3) is 0 Å². The lowest BCUT2D eigenvalue weighted by molar-refractivity contribution is -0.120. The largest absolute Gasteiger partial charge is 0.355 e. The average Bonchev–Trinajstić information content (AvgIpc) is 2.10. The van der Waals surface area contributed by atoms with Crippen molar-refractivity contribution in [1.29, 1.82) is 0 Å². The fraction of sp³-hybridized carbons (Fsp3) is 0.889. The number of hydrogen-bond donors (Lipinski definition) is 1. The molecule has 0 aliphatic carbocycles. The molecule has 0 saturated carbocycles. The smallest absolute Gasteiger partial charge is 0.237 e. The standard InChI is InChI=1S/C9H18ClNOS/c1-8(10)9(12)11-6-4-3-5-7-13-2/h8H,3-7H2,1-2H3,(H,11,12). The predicted octanol–water partition coefficient (Wildman–Crippen LogP) is 2.26. The zero-order valence-electron chi connectivity index (χ0n) is 8.31. The van der Waals surface area contributed by atoms with Crippen molar-refractivity contribution in [2.24, 2.45) is 0 Å². The molecule has 1 N–H and O–H groups in total. The topological polar surface area (TPSA) is 29.1 Å². The molecule has 1 atom stereocenters. The highest BCUT2D eigenvalue weighted by atomic mass is 35.5. The van der Waals surface area contributed by atoms with Crippen LogP contribution in [0, 0.1) is 0 Å². The number of amides is 1. The van der Waals surface area contributed by atoms with Crippen LogP contribution in [0.1, 0.15) is 26.2 Å². The zero-order valence-corrected chi connectivity index (χ0v) is 9.88. The lowest BCUT2D eigenvalue weighted by Crippen LogP contribution is -2.30. The molecule has 4 heteroatoms. The van der Waals surface area contributed by atoms with Gasteiger partial charge in [-0.05, 0) is 31.8 Å². The first-order valence-corrected chi connectivity index (χ1v) is 6.42. The summed E-state index contributed by atoms with van der Waals surface area (Å²) in [5.41, 5.74) is 0. The van der Waals surface area contributed by atoms with Gasteiger partial charge in [-0.15, -0.1) is 11.6 Å². The van der Waals surface area contributed by atoms with Gasteiger partial charge in [0.25, 0.3) is 0 Å². The summed E-state index contributed by atoms with van der Waals surface area (Å²) in [6.45, 7) is 2.44. The Labute approximate surface area is 89.8 Å². The monoisotopic (exact) mass is 223 g/mol. The molecule has 0 saturated heterocycles. The molecule has 0 aliphatic heterocycles. The van der Waals surface area contributed by atoms with Gasteiger partial charge < -0.3 is 5.32 Å². The third-order valence-electron chi connectivity index (χ3n) is 1.69. The van der Waals surface area contributed by atoms with E-state index in [1.165, 1.54) is 18.6 Å². The molecule has 0 aromatic heterocycles. The van der Waals surface area contributed by atoms with E-state index in [4.69, 9.17) is 11.6 Å². The molecule has 0 aromatic carbocycles. The van der Waals surface area contributed by atoms with Crippen molar-refractivity contribution < 1.29 is 4.79 Å². The summed E-state index contributed by atoms with van der Waals surface area (Å²) in [5.74, 6) is 1.14. The quantitative estimate of drug-likeness (QED) is 0.530. The number of halogens is 1. The lowest BCUT2D eigenvalue weighted by Gasteiger charge is -2.05. The Balaban J connectivity index is 3.12. The van der Waals surface area contributed by atoms with E-state index in [-0.39, 0.29) is 5.91 Å². The summed E-state index contributed by atoms with van der Waals surface area (Å²) in [6, 6.07) is 0. The minimum atomic E-state index is -0.411. The highest BCUT2D eigenvalue weighted by Gasteiger charge is 2.06. The molecule has 0 aliphatic rings. The maximum Gasteiger partial charge on any atom is 0.237 e. The van der Waals surface area contributed by atoms with Gasteiger partial charge in [0.15, 0.2) is 0 Å². The van der Waals surface area contributed by atoms with Gasteiger partial charge in [0, 0.05) is 6.54 Å². The number of nitrogens with one attached hydrogen (secondary N) is 1. The van der Waals surface area contributed by atoms with Gasteiger partial charge >= 0.3 is 0 Å². The van der Waals surface area contributed by atoms with Crippen molar-refractivity contribution >= 4 is 29.3 Å². The van der Waals surface area contributed by atoms with Crippen molar-refractivity contribution in [1.82, 2.24) is 5.32 Å². The molecular formula is C9H18ClNOS. The minimum Gasteiger partial charge on any atom is -0.355 e. The summed E-state index contributed by atoms with van der Waals surface area (Å²) in [7, 11) is 0.